The summed E-state index contributed by atoms with van der Waals surface area (Å²) < 4.78 is 7.05. The van der Waals surface area contributed by atoms with Crippen LogP contribution in [0, 0.1) is 0 Å². The summed E-state index contributed by atoms with van der Waals surface area (Å²) in [6, 6.07) is 5.38. The van der Waals surface area contributed by atoms with Gasteiger partial charge in [0.2, 0.25) is 5.91 Å². The minimum absolute atomic E-state index is 0.0183. The van der Waals surface area contributed by atoms with Crippen molar-refractivity contribution >= 4 is 11.6 Å². The zero-order chi connectivity index (χ0) is 14.6. The van der Waals surface area contributed by atoms with Gasteiger partial charge in [0.15, 0.2) is 5.82 Å². The average molecular weight is 274 g/mol. The molecule has 0 aliphatic heterocycles. The number of nitrogens with one attached hydrogen (secondary N) is 1. The molecule has 0 spiro atoms. The Morgan fingerprint density at radius 3 is 2.75 bits per heavy atom. The maximum atomic E-state index is 11.7. The molecule has 6 nitrogen and oxygen atoms in total. The van der Waals surface area contributed by atoms with Gasteiger partial charge in [0.25, 0.3) is 0 Å². The number of ether oxygens (including phenoxy) is 1. The van der Waals surface area contributed by atoms with Crippen LogP contribution in [0.1, 0.15) is 20.8 Å². The van der Waals surface area contributed by atoms with Crippen LogP contribution in [-0.4, -0.2) is 32.9 Å². The van der Waals surface area contributed by atoms with Crippen molar-refractivity contribution in [2.24, 2.45) is 0 Å². The number of carbonyl (C=O) groups excluding carboxylic acids is 1. The smallest absolute Gasteiger partial charge is 0.250 e. The van der Waals surface area contributed by atoms with E-state index in [0.29, 0.717) is 11.5 Å². The second-order valence-corrected chi connectivity index (χ2v) is 5.30. The Balaban J connectivity index is 1.92. The number of amides is 1. The fraction of sp³-hybridized carbons (Fsp3) is 0.357. The third-order valence-electron chi connectivity index (χ3n) is 2.41. The molecule has 0 bridgehead atoms. The minimum Gasteiger partial charge on any atom is -0.366 e. The zero-order valence-electron chi connectivity index (χ0n) is 11.8. The van der Waals surface area contributed by atoms with Crippen LogP contribution >= 0.6 is 0 Å². The van der Waals surface area contributed by atoms with Crippen LogP contribution in [0.2, 0.25) is 0 Å². The highest BCUT2D eigenvalue weighted by Gasteiger charge is 2.13. The number of anilines is 1. The SMILES string of the molecule is CC(C)(C)OCC(=O)Nc1ccc(-n2cccn2)nc1. The summed E-state index contributed by atoms with van der Waals surface area (Å²) >= 11 is 0. The van der Waals surface area contributed by atoms with Gasteiger partial charge in [-0.05, 0) is 39.0 Å². The molecule has 106 valence electrons. The lowest BCUT2D eigenvalue weighted by atomic mass is 10.2. The molecule has 0 unspecified atom stereocenters. The highest BCUT2D eigenvalue weighted by molar-refractivity contribution is 5.91. The van der Waals surface area contributed by atoms with Gasteiger partial charge in [-0.1, -0.05) is 0 Å². The Hall–Kier alpha value is -2.21. The van der Waals surface area contributed by atoms with E-state index >= 15 is 0 Å². The number of carbonyl (C=O) groups is 1. The first-order valence-electron chi connectivity index (χ1n) is 6.34. The molecule has 2 heterocycles. The molecule has 0 saturated carbocycles. The fourth-order valence-electron chi connectivity index (χ4n) is 1.48. The van der Waals surface area contributed by atoms with Gasteiger partial charge in [-0.15, -0.1) is 0 Å². The maximum Gasteiger partial charge on any atom is 0.250 e. The van der Waals surface area contributed by atoms with Crippen molar-refractivity contribution in [3.63, 3.8) is 0 Å². The van der Waals surface area contributed by atoms with Gasteiger partial charge in [-0.3, -0.25) is 4.79 Å². The zero-order valence-corrected chi connectivity index (χ0v) is 11.8. The van der Waals surface area contributed by atoms with Gasteiger partial charge < -0.3 is 10.1 Å². The van der Waals surface area contributed by atoms with Crippen molar-refractivity contribution in [1.29, 1.82) is 0 Å². The van der Waals surface area contributed by atoms with Crippen molar-refractivity contribution in [1.82, 2.24) is 14.8 Å². The number of hydrogen-bond acceptors (Lipinski definition) is 4. The molecule has 0 aromatic carbocycles. The summed E-state index contributed by atoms with van der Waals surface area (Å²) in [6.07, 6.45) is 5.07. The summed E-state index contributed by atoms with van der Waals surface area (Å²) in [5.41, 5.74) is 0.294. The standard InChI is InChI=1S/C14H18N4O2/c1-14(2,3)20-10-13(19)17-11-5-6-12(15-9-11)18-8-4-7-16-18/h4-9H,10H2,1-3H3,(H,17,19). The average Bonchev–Trinajstić information content (AvgIpc) is 2.90. The molecule has 1 amide bonds. The summed E-state index contributed by atoms with van der Waals surface area (Å²) in [5.74, 6) is 0.493. The van der Waals surface area contributed by atoms with E-state index in [1.54, 1.807) is 35.4 Å². The molecule has 0 aliphatic carbocycles. The first-order chi connectivity index (χ1) is 9.44. The number of aromatic nitrogens is 3. The minimum atomic E-state index is -0.334. The second-order valence-electron chi connectivity index (χ2n) is 5.30. The summed E-state index contributed by atoms with van der Waals surface area (Å²) in [5, 5.41) is 6.81. The molecule has 2 rings (SSSR count). The van der Waals surface area contributed by atoms with E-state index in [1.807, 2.05) is 26.8 Å². The Morgan fingerprint density at radius 2 is 2.20 bits per heavy atom. The molecule has 0 aliphatic rings. The van der Waals surface area contributed by atoms with Crippen molar-refractivity contribution < 1.29 is 9.53 Å². The molecule has 0 saturated heterocycles. The largest absolute Gasteiger partial charge is 0.366 e. The number of pyridine rings is 1. The van der Waals surface area contributed by atoms with Gasteiger partial charge in [0.05, 0.1) is 17.5 Å². The fourth-order valence-corrected chi connectivity index (χ4v) is 1.48. The molecule has 1 N–H and O–H groups in total. The van der Waals surface area contributed by atoms with Crippen molar-refractivity contribution in [3.8, 4) is 5.82 Å². The molecule has 6 heteroatoms. The van der Waals surface area contributed by atoms with Crippen molar-refractivity contribution in [2.75, 3.05) is 11.9 Å². The number of nitrogens with zero attached hydrogens (tertiary/aromatic N) is 3. The molecule has 0 radical (unpaired) electrons. The van der Waals surface area contributed by atoms with Crippen molar-refractivity contribution in [2.45, 2.75) is 26.4 Å². The molecule has 2 aromatic heterocycles. The second kappa shape index (κ2) is 5.83. The normalized spacial score (nSPS) is 11.3. The Morgan fingerprint density at radius 1 is 1.40 bits per heavy atom. The third kappa shape index (κ3) is 4.17. The quantitative estimate of drug-likeness (QED) is 0.926. The Labute approximate surface area is 117 Å². The molecular formula is C14H18N4O2. The molecule has 20 heavy (non-hydrogen) atoms. The first-order valence-corrected chi connectivity index (χ1v) is 6.34. The molecule has 0 fully saturated rings. The van der Waals surface area contributed by atoms with E-state index in [1.165, 1.54) is 0 Å². The van der Waals surface area contributed by atoms with Crippen LogP contribution in [0.25, 0.3) is 5.82 Å². The molecule has 0 atom stereocenters. The predicted octanol–water partition coefficient (Wildman–Crippen LogP) is 2.02. The van der Waals surface area contributed by atoms with E-state index in [2.05, 4.69) is 15.4 Å². The van der Waals surface area contributed by atoms with Crippen LogP contribution in [0.3, 0.4) is 0 Å². The van der Waals surface area contributed by atoms with Crippen LogP contribution < -0.4 is 5.32 Å². The van der Waals surface area contributed by atoms with E-state index < -0.39 is 0 Å². The van der Waals surface area contributed by atoms with E-state index in [-0.39, 0.29) is 18.1 Å². The lowest BCUT2D eigenvalue weighted by molar-refractivity contribution is -0.125. The van der Waals surface area contributed by atoms with E-state index in [9.17, 15) is 4.79 Å². The topological polar surface area (TPSA) is 69.0 Å². The highest BCUT2D eigenvalue weighted by atomic mass is 16.5. The van der Waals surface area contributed by atoms with E-state index in [0.717, 1.165) is 0 Å². The van der Waals surface area contributed by atoms with Gasteiger partial charge in [-0.25, -0.2) is 9.67 Å². The number of rotatable bonds is 4. The maximum absolute atomic E-state index is 11.7. The molecular weight excluding hydrogens is 256 g/mol. The summed E-state index contributed by atoms with van der Waals surface area (Å²) in [4.78, 5) is 15.9. The highest BCUT2D eigenvalue weighted by Crippen LogP contribution is 2.10. The monoisotopic (exact) mass is 274 g/mol. The van der Waals surface area contributed by atoms with Crippen molar-refractivity contribution in [3.05, 3.63) is 36.8 Å². The predicted molar refractivity (Wildman–Crippen MR) is 75.7 cm³/mol. The first kappa shape index (κ1) is 14.2. The lowest BCUT2D eigenvalue weighted by Gasteiger charge is -2.18. The third-order valence-corrected chi connectivity index (χ3v) is 2.41. The molecule has 2 aromatic rings. The van der Waals surface area contributed by atoms with Gasteiger partial charge in [-0.2, -0.15) is 5.10 Å². The van der Waals surface area contributed by atoms with Crippen LogP contribution in [-0.2, 0) is 9.53 Å². The van der Waals surface area contributed by atoms with Gasteiger partial charge in [0.1, 0.15) is 6.61 Å². The lowest BCUT2D eigenvalue weighted by Crippen LogP contribution is -2.27. The Bertz CT molecular complexity index is 556. The van der Waals surface area contributed by atoms with Crippen LogP contribution in [0.15, 0.2) is 36.8 Å². The Kier molecular flexibility index (Phi) is 4.14. The van der Waals surface area contributed by atoms with Crippen LogP contribution in [0.5, 0.6) is 0 Å². The summed E-state index contributed by atoms with van der Waals surface area (Å²) in [7, 11) is 0. The van der Waals surface area contributed by atoms with Crippen LogP contribution in [0.4, 0.5) is 5.69 Å². The van der Waals surface area contributed by atoms with Gasteiger partial charge >= 0.3 is 0 Å². The number of hydrogen-bond donors (Lipinski definition) is 1. The van der Waals surface area contributed by atoms with Gasteiger partial charge in [0, 0.05) is 12.4 Å². The summed E-state index contributed by atoms with van der Waals surface area (Å²) in [6.45, 7) is 5.73. The van der Waals surface area contributed by atoms with E-state index in [4.69, 9.17) is 4.74 Å².